The molecular weight excluding hydrogens is 380 g/mol. The Hall–Kier alpha value is -3.62. The molecule has 0 heterocycles. The van der Waals surface area contributed by atoms with Crippen LogP contribution in [-0.4, -0.2) is 36.6 Å². The maximum absolute atomic E-state index is 12.3. The van der Waals surface area contributed by atoms with Crippen molar-refractivity contribution in [1.82, 2.24) is 0 Å². The molecule has 2 rings (SSSR count). The van der Waals surface area contributed by atoms with Crippen molar-refractivity contribution >= 4 is 23.3 Å². The maximum atomic E-state index is 12.3. The molecule has 0 fully saturated rings. The van der Waals surface area contributed by atoms with Crippen LogP contribution in [-0.2, 0) is 14.3 Å². The van der Waals surface area contributed by atoms with E-state index in [4.69, 9.17) is 14.2 Å². The number of amides is 1. The Morgan fingerprint density at radius 3 is 2.62 bits per heavy atom. The molecule has 2 aromatic rings. The minimum atomic E-state index is -1.07. The third-order valence-corrected chi connectivity index (χ3v) is 3.90. The summed E-state index contributed by atoms with van der Waals surface area (Å²) in [6.45, 7) is 3.47. The van der Waals surface area contributed by atoms with Gasteiger partial charge in [-0.1, -0.05) is 12.1 Å². The first kappa shape index (κ1) is 21.7. The number of rotatable bonds is 9. The summed E-state index contributed by atoms with van der Waals surface area (Å²) in [5, 5.41) is 13.3. The summed E-state index contributed by atoms with van der Waals surface area (Å²) >= 11 is 0. The molecule has 0 bridgehead atoms. The molecule has 0 spiro atoms. The molecule has 0 aliphatic heterocycles. The number of hydrogen-bond acceptors (Lipinski definition) is 7. The van der Waals surface area contributed by atoms with Gasteiger partial charge in [-0.05, 0) is 37.6 Å². The third-order valence-electron chi connectivity index (χ3n) is 3.90. The highest BCUT2D eigenvalue weighted by atomic mass is 16.6. The van der Waals surface area contributed by atoms with E-state index in [2.05, 4.69) is 5.32 Å². The lowest BCUT2D eigenvalue weighted by atomic mass is 10.2. The molecule has 9 heteroatoms. The lowest BCUT2D eigenvalue weighted by Crippen LogP contribution is -2.30. The Bertz CT molecular complexity index is 898. The van der Waals surface area contributed by atoms with Crippen molar-refractivity contribution in [3.8, 4) is 11.5 Å². The van der Waals surface area contributed by atoms with Crippen molar-refractivity contribution in [2.75, 3.05) is 19.0 Å². The lowest BCUT2D eigenvalue weighted by Gasteiger charge is -2.15. The van der Waals surface area contributed by atoms with E-state index >= 15 is 0 Å². The van der Waals surface area contributed by atoms with Crippen LogP contribution in [0.5, 0.6) is 11.5 Å². The largest absolute Gasteiger partial charge is 0.494 e. The van der Waals surface area contributed by atoms with E-state index in [1.807, 2.05) is 25.1 Å². The fraction of sp³-hybridized carbons (Fsp3) is 0.300. The van der Waals surface area contributed by atoms with Crippen molar-refractivity contribution in [2.45, 2.75) is 26.4 Å². The van der Waals surface area contributed by atoms with Crippen LogP contribution in [0, 0.1) is 17.0 Å². The van der Waals surface area contributed by atoms with E-state index in [0.717, 1.165) is 5.56 Å². The molecule has 0 aliphatic carbocycles. The van der Waals surface area contributed by atoms with Crippen LogP contribution in [0.4, 0.5) is 11.4 Å². The molecule has 1 N–H and O–H groups in total. The van der Waals surface area contributed by atoms with E-state index in [-0.39, 0.29) is 30.2 Å². The molecule has 0 saturated carbocycles. The van der Waals surface area contributed by atoms with Crippen molar-refractivity contribution in [3.05, 3.63) is 58.1 Å². The number of nitro groups is 1. The SMILES string of the molecule is COc1cc([N+](=O)[O-])ccc1NC(=O)[C@H](C)OC(=O)CCOc1cccc(C)c1. The summed E-state index contributed by atoms with van der Waals surface area (Å²) in [5.74, 6) is -0.410. The van der Waals surface area contributed by atoms with Gasteiger partial charge >= 0.3 is 5.97 Å². The average molecular weight is 402 g/mol. The molecule has 0 radical (unpaired) electrons. The standard InChI is InChI=1S/C20H22N2O7/c1-13-5-4-6-16(11-13)28-10-9-19(23)29-14(2)20(24)21-17-8-7-15(22(25)26)12-18(17)27-3/h4-8,11-12,14H,9-10H2,1-3H3,(H,21,24)/t14-/m0/s1. The van der Waals surface area contributed by atoms with Gasteiger partial charge in [0.25, 0.3) is 11.6 Å². The Labute approximate surface area is 167 Å². The summed E-state index contributed by atoms with van der Waals surface area (Å²) in [5.41, 5.74) is 1.10. The Morgan fingerprint density at radius 1 is 1.21 bits per heavy atom. The number of hydrogen-bond donors (Lipinski definition) is 1. The van der Waals surface area contributed by atoms with Gasteiger partial charge in [0.1, 0.15) is 11.5 Å². The number of ether oxygens (including phenoxy) is 3. The molecule has 29 heavy (non-hydrogen) atoms. The molecule has 2 aromatic carbocycles. The second-order valence-corrected chi connectivity index (χ2v) is 6.18. The second kappa shape index (κ2) is 10.1. The number of methoxy groups -OCH3 is 1. The van der Waals surface area contributed by atoms with E-state index in [1.54, 1.807) is 6.07 Å². The number of non-ortho nitro benzene ring substituents is 1. The van der Waals surface area contributed by atoms with Gasteiger partial charge in [-0.2, -0.15) is 0 Å². The summed E-state index contributed by atoms with van der Waals surface area (Å²) in [7, 11) is 1.33. The Kier molecular flexibility index (Phi) is 7.53. The van der Waals surface area contributed by atoms with Crippen LogP contribution < -0.4 is 14.8 Å². The van der Waals surface area contributed by atoms with Gasteiger partial charge in [0.15, 0.2) is 6.10 Å². The molecular formula is C20H22N2O7. The molecule has 9 nitrogen and oxygen atoms in total. The van der Waals surface area contributed by atoms with Crippen molar-refractivity contribution in [3.63, 3.8) is 0 Å². The number of carbonyl (C=O) groups excluding carboxylic acids is 2. The number of aryl methyl sites for hydroxylation is 1. The molecule has 0 aliphatic rings. The van der Waals surface area contributed by atoms with Gasteiger partial charge in [-0.3, -0.25) is 19.7 Å². The number of carbonyl (C=O) groups is 2. The average Bonchev–Trinajstić information content (AvgIpc) is 2.68. The van der Waals surface area contributed by atoms with Crippen LogP contribution in [0.3, 0.4) is 0 Å². The smallest absolute Gasteiger partial charge is 0.310 e. The van der Waals surface area contributed by atoms with Crippen LogP contribution in [0.1, 0.15) is 18.9 Å². The zero-order valence-electron chi connectivity index (χ0n) is 16.3. The van der Waals surface area contributed by atoms with E-state index < -0.39 is 22.9 Å². The van der Waals surface area contributed by atoms with Crippen LogP contribution >= 0.6 is 0 Å². The number of nitro benzene ring substituents is 1. The van der Waals surface area contributed by atoms with E-state index in [1.165, 1.54) is 32.2 Å². The predicted molar refractivity (Wildman–Crippen MR) is 105 cm³/mol. The van der Waals surface area contributed by atoms with E-state index in [9.17, 15) is 19.7 Å². The third kappa shape index (κ3) is 6.49. The number of esters is 1. The number of nitrogens with zero attached hydrogens (tertiary/aromatic N) is 1. The summed E-state index contributed by atoms with van der Waals surface area (Å²) < 4.78 is 15.6. The van der Waals surface area contributed by atoms with Crippen molar-refractivity contribution in [1.29, 1.82) is 0 Å². The van der Waals surface area contributed by atoms with Crippen LogP contribution in [0.2, 0.25) is 0 Å². The Morgan fingerprint density at radius 2 is 1.97 bits per heavy atom. The van der Waals surface area contributed by atoms with Crippen LogP contribution in [0.25, 0.3) is 0 Å². The quantitative estimate of drug-likeness (QED) is 0.389. The van der Waals surface area contributed by atoms with Crippen LogP contribution in [0.15, 0.2) is 42.5 Å². The van der Waals surface area contributed by atoms with Gasteiger partial charge in [0.2, 0.25) is 0 Å². The van der Waals surface area contributed by atoms with E-state index in [0.29, 0.717) is 5.75 Å². The van der Waals surface area contributed by atoms with Crippen molar-refractivity contribution in [2.24, 2.45) is 0 Å². The Balaban J connectivity index is 1.85. The zero-order valence-corrected chi connectivity index (χ0v) is 16.3. The number of anilines is 1. The first-order chi connectivity index (χ1) is 13.8. The second-order valence-electron chi connectivity index (χ2n) is 6.18. The first-order valence-corrected chi connectivity index (χ1v) is 8.82. The highest BCUT2D eigenvalue weighted by molar-refractivity contribution is 5.96. The summed E-state index contributed by atoms with van der Waals surface area (Å²) in [4.78, 5) is 34.4. The number of nitrogens with one attached hydrogen (secondary N) is 1. The predicted octanol–water partition coefficient (Wildman–Crippen LogP) is 3.25. The summed E-state index contributed by atoms with van der Waals surface area (Å²) in [6, 6.07) is 11.2. The topological polar surface area (TPSA) is 117 Å². The highest BCUT2D eigenvalue weighted by Crippen LogP contribution is 2.29. The fourth-order valence-electron chi connectivity index (χ4n) is 2.40. The zero-order chi connectivity index (χ0) is 21.4. The minimum absolute atomic E-state index is 0.0214. The normalized spacial score (nSPS) is 11.3. The maximum Gasteiger partial charge on any atom is 0.310 e. The van der Waals surface area contributed by atoms with Crippen molar-refractivity contribution < 1.29 is 28.7 Å². The van der Waals surface area contributed by atoms with Gasteiger partial charge in [0, 0.05) is 6.07 Å². The molecule has 1 atom stereocenters. The summed E-state index contributed by atoms with van der Waals surface area (Å²) in [6.07, 6.45) is -1.09. The molecule has 154 valence electrons. The van der Waals surface area contributed by atoms with Gasteiger partial charge in [-0.25, -0.2) is 0 Å². The van der Waals surface area contributed by atoms with Gasteiger partial charge < -0.3 is 19.5 Å². The molecule has 1 amide bonds. The van der Waals surface area contributed by atoms with Gasteiger partial charge in [-0.15, -0.1) is 0 Å². The molecule has 0 saturated heterocycles. The monoisotopic (exact) mass is 402 g/mol. The lowest BCUT2D eigenvalue weighted by molar-refractivity contribution is -0.384. The van der Waals surface area contributed by atoms with Gasteiger partial charge in [0.05, 0.1) is 36.8 Å². The number of benzene rings is 2. The first-order valence-electron chi connectivity index (χ1n) is 8.82. The highest BCUT2D eigenvalue weighted by Gasteiger charge is 2.20. The molecule has 0 aromatic heterocycles. The fourth-order valence-corrected chi connectivity index (χ4v) is 2.40. The molecule has 0 unspecified atom stereocenters. The minimum Gasteiger partial charge on any atom is -0.494 e.